The summed E-state index contributed by atoms with van der Waals surface area (Å²) >= 11 is 0. The van der Waals surface area contributed by atoms with Crippen molar-refractivity contribution >= 4 is 21.3 Å². The van der Waals surface area contributed by atoms with Crippen molar-refractivity contribution in [2.24, 2.45) is 5.92 Å². The van der Waals surface area contributed by atoms with Gasteiger partial charge in [0.05, 0.1) is 16.3 Å². The molecule has 7 heteroatoms. The first-order valence-electron chi connectivity index (χ1n) is 6.83. The molecule has 1 aromatic rings. The molecule has 0 bridgehead atoms. The second kappa shape index (κ2) is 6.41. The molecule has 0 saturated carbocycles. The molecule has 6 nitrogen and oxygen atoms in total. The van der Waals surface area contributed by atoms with Gasteiger partial charge < -0.3 is 15.8 Å². The maximum atomic E-state index is 11.7. The summed E-state index contributed by atoms with van der Waals surface area (Å²) in [6.45, 7) is 3.97. The Balaban J connectivity index is 2.02. The lowest BCUT2D eigenvalue weighted by Gasteiger charge is -2.22. The lowest BCUT2D eigenvalue weighted by atomic mass is 10.0. The van der Waals surface area contributed by atoms with Crippen molar-refractivity contribution in [3.63, 3.8) is 0 Å². The third kappa shape index (κ3) is 3.61. The van der Waals surface area contributed by atoms with Gasteiger partial charge in [-0.15, -0.1) is 0 Å². The molecule has 1 fully saturated rings. The highest BCUT2D eigenvalue weighted by Crippen LogP contribution is 2.22. The van der Waals surface area contributed by atoms with E-state index < -0.39 is 9.84 Å². The van der Waals surface area contributed by atoms with Gasteiger partial charge in [-0.2, -0.15) is 0 Å². The van der Waals surface area contributed by atoms with Crippen molar-refractivity contribution in [2.75, 3.05) is 36.6 Å². The van der Waals surface area contributed by atoms with Crippen molar-refractivity contribution in [3.8, 4) is 0 Å². The number of hydrogen-bond donors (Lipinski definition) is 2. The number of nitrogens with zero attached hydrogens (tertiary/aromatic N) is 1. The van der Waals surface area contributed by atoms with Crippen LogP contribution in [-0.2, 0) is 14.6 Å². The van der Waals surface area contributed by atoms with Gasteiger partial charge in [-0.1, -0.05) is 6.92 Å². The number of hydrogen-bond acceptors (Lipinski definition) is 6. The Morgan fingerprint density at radius 2 is 2.15 bits per heavy atom. The first kappa shape index (κ1) is 15.1. The maximum Gasteiger partial charge on any atom is 0.179 e. The lowest BCUT2D eigenvalue weighted by molar-refractivity contribution is 0.0699. The Morgan fingerprint density at radius 1 is 1.45 bits per heavy atom. The molecule has 112 valence electrons. The third-order valence-corrected chi connectivity index (χ3v) is 5.23. The molecule has 0 unspecified atom stereocenters. The highest BCUT2D eigenvalue weighted by Gasteiger charge is 2.16. The lowest BCUT2D eigenvalue weighted by Crippen LogP contribution is -2.23. The molecule has 0 aromatic carbocycles. The first-order valence-corrected chi connectivity index (χ1v) is 8.48. The summed E-state index contributed by atoms with van der Waals surface area (Å²) in [5, 5.41) is 3.19. The quantitative estimate of drug-likeness (QED) is 0.851. The number of ether oxygens (including phenoxy) is 1. The second-order valence-electron chi connectivity index (χ2n) is 4.95. The van der Waals surface area contributed by atoms with E-state index in [1.54, 1.807) is 6.92 Å². The number of rotatable bonds is 5. The fourth-order valence-corrected chi connectivity index (χ4v) is 2.99. The Kier molecular flexibility index (Phi) is 4.82. The summed E-state index contributed by atoms with van der Waals surface area (Å²) in [4.78, 5) is 4.31. The van der Waals surface area contributed by atoms with Crippen molar-refractivity contribution in [2.45, 2.75) is 24.7 Å². The standard InChI is InChI=1S/C13H21N3O3S/c1-2-20(17,18)11-7-12(14)13(16-9-11)15-8-10-3-5-19-6-4-10/h7,9-10H,2-6,8,14H2,1H3,(H,15,16). The summed E-state index contributed by atoms with van der Waals surface area (Å²) < 4.78 is 28.8. The zero-order chi connectivity index (χ0) is 14.6. The van der Waals surface area contributed by atoms with Gasteiger partial charge in [0.2, 0.25) is 0 Å². The Labute approximate surface area is 119 Å². The topological polar surface area (TPSA) is 94.3 Å². The van der Waals surface area contributed by atoms with E-state index in [2.05, 4.69) is 10.3 Å². The number of nitrogens with one attached hydrogen (secondary N) is 1. The number of pyridine rings is 1. The molecule has 0 aliphatic carbocycles. The molecule has 1 aliphatic rings. The zero-order valence-electron chi connectivity index (χ0n) is 11.6. The molecule has 20 heavy (non-hydrogen) atoms. The maximum absolute atomic E-state index is 11.7. The highest BCUT2D eigenvalue weighted by atomic mass is 32.2. The Hall–Kier alpha value is -1.34. The minimum absolute atomic E-state index is 0.0446. The largest absolute Gasteiger partial charge is 0.396 e. The van der Waals surface area contributed by atoms with E-state index >= 15 is 0 Å². The molecule has 1 aromatic heterocycles. The minimum Gasteiger partial charge on any atom is -0.396 e. The van der Waals surface area contributed by atoms with Gasteiger partial charge in [0, 0.05) is 26.0 Å². The summed E-state index contributed by atoms with van der Waals surface area (Å²) in [5.41, 5.74) is 6.24. The fraction of sp³-hybridized carbons (Fsp3) is 0.615. The van der Waals surface area contributed by atoms with Crippen molar-refractivity contribution in [1.29, 1.82) is 0 Å². The van der Waals surface area contributed by atoms with Gasteiger partial charge in [0.25, 0.3) is 0 Å². The van der Waals surface area contributed by atoms with Gasteiger partial charge in [-0.05, 0) is 24.8 Å². The van der Waals surface area contributed by atoms with Crippen molar-refractivity contribution in [3.05, 3.63) is 12.3 Å². The average molecular weight is 299 g/mol. The molecular weight excluding hydrogens is 278 g/mol. The Bertz CT molecular complexity index is 554. The fourth-order valence-electron chi connectivity index (χ4n) is 2.14. The number of sulfone groups is 1. The van der Waals surface area contributed by atoms with Crippen molar-refractivity contribution < 1.29 is 13.2 Å². The van der Waals surface area contributed by atoms with Crippen LogP contribution in [0.1, 0.15) is 19.8 Å². The van der Waals surface area contributed by atoms with Gasteiger partial charge in [0.15, 0.2) is 9.84 Å². The molecule has 2 rings (SSSR count). The molecule has 2 heterocycles. The minimum atomic E-state index is -3.26. The third-order valence-electron chi connectivity index (χ3n) is 3.53. The van der Waals surface area contributed by atoms with Crippen LogP contribution in [-0.4, -0.2) is 38.9 Å². The molecule has 0 radical (unpaired) electrons. The number of aromatic nitrogens is 1. The number of nitrogens with two attached hydrogens (primary N) is 1. The molecule has 0 amide bonds. The van der Waals surface area contributed by atoms with E-state index in [0.29, 0.717) is 17.4 Å². The van der Waals surface area contributed by atoms with E-state index in [4.69, 9.17) is 10.5 Å². The van der Waals surface area contributed by atoms with Gasteiger partial charge in [0.1, 0.15) is 5.82 Å². The summed E-state index contributed by atoms with van der Waals surface area (Å²) in [6, 6.07) is 1.47. The molecule has 3 N–H and O–H groups in total. The van der Waals surface area contributed by atoms with Crippen LogP contribution in [0.5, 0.6) is 0 Å². The first-order chi connectivity index (χ1) is 9.53. The number of nitrogen functional groups attached to an aromatic ring is 1. The van der Waals surface area contributed by atoms with Crippen LogP contribution in [0.2, 0.25) is 0 Å². The van der Waals surface area contributed by atoms with E-state index in [0.717, 1.165) is 32.6 Å². The van der Waals surface area contributed by atoms with Crippen molar-refractivity contribution in [1.82, 2.24) is 4.98 Å². The number of anilines is 2. The normalized spacial score (nSPS) is 17.1. The molecule has 1 saturated heterocycles. The summed E-state index contributed by atoms with van der Waals surface area (Å²) in [5.74, 6) is 1.14. The van der Waals surface area contributed by atoms with Crippen LogP contribution in [0.3, 0.4) is 0 Å². The van der Waals surface area contributed by atoms with E-state index in [1.165, 1.54) is 12.3 Å². The Morgan fingerprint density at radius 3 is 2.75 bits per heavy atom. The molecule has 1 aliphatic heterocycles. The zero-order valence-corrected chi connectivity index (χ0v) is 12.4. The second-order valence-corrected chi connectivity index (χ2v) is 7.23. The predicted molar refractivity (Wildman–Crippen MR) is 78.4 cm³/mol. The average Bonchev–Trinajstić information content (AvgIpc) is 2.47. The van der Waals surface area contributed by atoms with E-state index in [9.17, 15) is 8.42 Å². The predicted octanol–water partition coefficient (Wildman–Crippen LogP) is 1.30. The van der Waals surface area contributed by atoms with Crippen LogP contribution in [0.25, 0.3) is 0 Å². The monoisotopic (exact) mass is 299 g/mol. The SMILES string of the molecule is CCS(=O)(=O)c1cnc(NCC2CCOCC2)c(N)c1. The van der Waals surface area contributed by atoms with Crippen LogP contribution in [0.4, 0.5) is 11.5 Å². The molecule has 0 spiro atoms. The van der Waals surface area contributed by atoms with Gasteiger partial charge >= 0.3 is 0 Å². The van der Waals surface area contributed by atoms with E-state index in [-0.39, 0.29) is 10.6 Å². The highest BCUT2D eigenvalue weighted by molar-refractivity contribution is 7.91. The van der Waals surface area contributed by atoms with Crippen LogP contribution >= 0.6 is 0 Å². The summed E-state index contributed by atoms with van der Waals surface area (Å²) in [7, 11) is -3.26. The molecular formula is C13H21N3O3S. The van der Waals surface area contributed by atoms with Crippen LogP contribution in [0.15, 0.2) is 17.2 Å². The van der Waals surface area contributed by atoms with Crippen LogP contribution in [0, 0.1) is 5.92 Å². The van der Waals surface area contributed by atoms with Crippen LogP contribution < -0.4 is 11.1 Å². The summed E-state index contributed by atoms with van der Waals surface area (Å²) in [6.07, 6.45) is 3.41. The van der Waals surface area contributed by atoms with E-state index in [1.807, 2.05) is 0 Å². The van der Waals surface area contributed by atoms with Gasteiger partial charge in [-0.25, -0.2) is 13.4 Å². The molecule has 0 atom stereocenters. The smallest absolute Gasteiger partial charge is 0.179 e. The van der Waals surface area contributed by atoms with Gasteiger partial charge in [-0.3, -0.25) is 0 Å².